The van der Waals surface area contributed by atoms with Crippen LogP contribution in [0.1, 0.15) is 44.9 Å². The molecular formula is C20H23ClN2O3S. The first-order chi connectivity index (χ1) is 12.9. The van der Waals surface area contributed by atoms with Gasteiger partial charge in [0, 0.05) is 10.7 Å². The van der Waals surface area contributed by atoms with Crippen LogP contribution in [-0.4, -0.2) is 14.4 Å². The molecule has 1 aromatic carbocycles. The number of nitrogens with one attached hydrogen (secondary N) is 2. The second-order valence-corrected chi connectivity index (χ2v) is 8.92. The van der Waals surface area contributed by atoms with Crippen LogP contribution in [0.25, 0.3) is 0 Å². The van der Waals surface area contributed by atoms with E-state index in [4.69, 9.17) is 11.6 Å². The zero-order valence-corrected chi connectivity index (χ0v) is 16.6. The Morgan fingerprint density at radius 2 is 1.78 bits per heavy atom. The zero-order valence-electron chi connectivity index (χ0n) is 15.1. The van der Waals surface area contributed by atoms with Gasteiger partial charge in [0.15, 0.2) is 0 Å². The smallest absolute Gasteiger partial charge is 0.307 e. The first kappa shape index (κ1) is 19.7. The highest BCUT2D eigenvalue weighted by Gasteiger charge is 2.24. The van der Waals surface area contributed by atoms with Crippen molar-refractivity contribution in [2.24, 2.45) is 0 Å². The van der Waals surface area contributed by atoms with E-state index in [1.54, 1.807) is 0 Å². The first-order valence-corrected chi connectivity index (χ1v) is 10.9. The molecule has 0 atom stereocenters. The van der Waals surface area contributed by atoms with Crippen LogP contribution in [-0.2, 0) is 10.0 Å². The summed E-state index contributed by atoms with van der Waals surface area (Å²) in [5.41, 5.74) is 3.85. The Balaban J connectivity index is 1.81. The van der Waals surface area contributed by atoms with Crippen molar-refractivity contribution in [3.8, 4) is 0 Å². The van der Waals surface area contributed by atoms with Crippen molar-refractivity contribution >= 4 is 27.7 Å². The summed E-state index contributed by atoms with van der Waals surface area (Å²) in [6.45, 7) is 4.13. The van der Waals surface area contributed by atoms with Crippen molar-refractivity contribution in [3.05, 3.63) is 64.4 Å². The first-order valence-electron chi connectivity index (χ1n) is 9.07. The van der Waals surface area contributed by atoms with Gasteiger partial charge in [-0.1, -0.05) is 24.3 Å². The van der Waals surface area contributed by atoms with Gasteiger partial charge in [-0.3, -0.25) is 0 Å². The van der Waals surface area contributed by atoms with Gasteiger partial charge in [-0.2, -0.15) is 0 Å². The number of halogens is 1. The Bertz CT molecular complexity index is 915. The summed E-state index contributed by atoms with van der Waals surface area (Å²) >= 11 is 5.79. The molecule has 1 fully saturated rings. The van der Waals surface area contributed by atoms with Crippen molar-refractivity contribution in [3.63, 3.8) is 0 Å². The predicted octanol–water partition coefficient (Wildman–Crippen LogP) is 4.82. The van der Waals surface area contributed by atoms with Crippen molar-refractivity contribution in [2.45, 2.75) is 49.8 Å². The lowest BCUT2D eigenvalue weighted by Crippen LogP contribution is -2.39. The molecule has 2 aliphatic rings. The van der Waals surface area contributed by atoms with Gasteiger partial charge in [-0.25, -0.2) is 17.9 Å². The molecule has 0 spiro atoms. The summed E-state index contributed by atoms with van der Waals surface area (Å²) < 4.78 is 26.9. The molecule has 1 aromatic rings. The maximum Gasteiger partial charge on any atom is 0.333 e. The highest BCUT2D eigenvalue weighted by molar-refractivity contribution is 7.90. The van der Waals surface area contributed by atoms with Gasteiger partial charge in [-0.05, 0) is 85.9 Å². The van der Waals surface area contributed by atoms with E-state index in [0.717, 1.165) is 56.1 Å². The van der Waals surface area contributed by atoms with Crippen LogP contribution in [0, 0.1) is 0 Å². The van der Waals surface area contributed by atoms with Crippen molar-refractivity contribution in [1.29, 1.82) is 0 Å². The molecule has 1 saturated carbocycles. The summed E-state index contributed by atoms with van der Waals surface area (Å²) in [7, 11) is -3.98. The topological polar surface area (TPSA) is 75.3 Å². The van der Waals surface area contributed by atoms with E-state index in [1.165, 1.54) is 29.8 Å². The van der Waals surface area contributed by atoms with Crippen LogP contribution in [0.15, 0.2) is 64.2 Å². The Morgan fingerprint density at radius 3 is 2.52 bits per heavy atom. The van der Waals surface area contributed by atoms with E-state index in [0.29, 0.717) is 10.7 Å². The molecule has 2 N–H and O–H groups in total. The summed E-state index contributed by atoms with van der Waals surface area (Å²) in [4.78, 5) is 12.4. The van der Waals surface area contributed by atoms with E-state index < -0.39 is 16.1 Å². The van der Waals surface area contributed by atoms with Crippen molar-refractivity contribution in [1.82, 2.24) is 10.0 Å². The van der Waals surface area contributed by atoms with Crippen LogP contribution in [0.5, 0.6) is 0 Å². The van der Waals surface area contributed by atoms with Gasteiger partial charge in [0.25, 0.3) is 10.0 Å². The molecule has 27 heavy (non-hydrogen) atoms. The predicted molar refractivity (Wildman–Crippen MR) is 107 cm³/mol. The lowest BCUT2D eigenvalue weighted by Gasteiger charge is -2.17. The molecule has 0 aromatic heterocycles. The Morgan fingerprint density at radius 1 is 1.04 bits per heavy atom. The number of fused-ring (bicyclic) bond motifs is 1. The lowest BCUT2D eigenvalue weighted by atomic mass is 10.0. The third-order valence-corrected chi connectivity index (χ3v) is 6.43. The monoisotopic (exact) mass is 406 g/mol. The fourth-order valence-electron chi connectivity index (χ4n) is 3.47. The fourth-order valence-corrected chi connectivity index (χ4v) is 4.51. The number of sulfonamides is 1. The molecule has 7 heteroatoms. The van der Waals surface area contributed by atoms with E-state index in [2.05, 4.69) is 22.7 Å². The van der Waals surface area contributed by atoms with Gasteiger partial charge < -0.3 is 5.32 Å². The number of hydrogen-bond acceptors (Lipinski definition) is 3. The summed E-state index contributed by atoms with van der Waals surface area (Å²) in [6.07, 6.45) is 9.00. The van der Waals surface area contributed by atoms with Gasteiger partial charge >= 0.3 is 6.03 Å². The molecule has 0 unspecified atom stereocenters. The van der Waals surface area contributed by atoms with Crippen LogP contribution in [0.3, 0.4) is 0 Å². The molecule has 0 saturated heterocycles. The van der Waals surface area contributed by atoms with Crippen LogP contribution in [0.2, 0.25) is 5.02 Å². The molecule has 2 amide bonds. The second-order valence-electron chi connectivity index (χ2n) is 6.80. The zero-order chi connectivity index (χ0) is 19.4. The Labute approximate surface area is 165 Å². The van der Waals surface area contributed by atoms with E-state index >= 15 is 0 Å². The molecule has 5 nitrogen and oxygen atoms in total. The molecule has 144 valence electrons. The van der Waals surface area contributed by atoms with Crippen molar-refractivity contribution < 1.29 is 13.2 Å². The molecule has 0 bridgehead atoms. The van der Waals surface area contributed by atoms with Gasteiger partial charge in [0.2, 0.25) is 0 Å². The number of carbonyl (C=O) groups excluding carboxylic acids is 1. The summed E-state index contributed by atoms with van der Waals surface area (Å²) in [6, 6.07) is 4.87. The number of amides is 2. The third kappa shape index (κ3) is 4.82. The molecule has 0 radical (unpaired) electrons. The van der Waals surface area contributed by atoms with Gasteiger partial charge in [0.1, 0.15) is 0 Å². The maximum absolute atomic E-state index is 12.5. The molecular weight excluding hydrogens is 384 g/mol. The average Bonchev–Trinajstić information content (AvgIpc) is 3.08. The average molecular weight is 407 g/mol. The largest absolute Gasteiger partial charge is 0.333 e. The minimum absolute atomic E-state index is 0.0190. The minimum atomic E-state index is -3.98. The van der Waals surface area contributed by atoms with E-state index in [1.807, 2.05) is 0 Å². The number of urea groups is 1. The third-order valence-electron chi connectivity index (χ3n) is 4.83. The number of hydrogen-bond donors (Lipinski definition) is 2. The van der Waals surface area contributed by atoms with Crippen LogP contribution >= 0.6 is 11.6 Å². The number of carbonyl (C=O) groups is 1. The normalized spacial score (nSPS) is 22.7. The van der Waals surface area contributed by atoms with Crippen LogP contribution in [0.4, 0.5) is 4.79 Å². The highest BCUT2D eigenvalue weighted by Crippen LogP contribution is 2.36. The quantitative estimate of drug-likeness (QED) is 0.755. The lowest BCUT2D eigenvalue weighted by molar-refractivity contribution is 0.248. The maximum atomic E-state index is 12.5. The van der Waals surface area contributed by atoms with Gasteiger partial charge in [0.05, 0.1) is 4.90 Å². The SMILES string of the molecule is C=C1CCCC/C=C2/CCC/C2=C/1NC(=O)NS(=O)(=O)c1ccc(Cl)cc1. The van der Waals surface area contributed by atoms with Gasteiger partial charge in [-0.15, -0.1) is 0 Å². The minimum Gasteiger partial charge on any atom is -0.307 e. The molecule has 3 rings (SSSR count). The van der Waals surface area contributed by atoms with Crippen LogP contribution < -0.4 is 10.0 Å². The number of allylic oxidation sites excluding steroid dienone is 4. The molecule has 0 heterocycles. The van der Waals surface area contributed by atoms with E-state index in [-0.39, 0.29) is 4.90 Å². The standard InChI is InChI=1S/C20H23ClN2O3S/c1-14-6-3-2-4-7-15-8-5-9-18(15)19(14)22-20(24)23-27(25,26)17-12-10-16(21)11-13-17/h7,10-13H,1-6,8-9H2,(H2,22,23,24)/b15-7-,19-18+. The summed E-state index contributed by atoms with van der Waals surface area (Å²) in [5, 5.41) is 3.18. The van der Waals surface area contributed by atoms with Crippen molar-refractivity contribution in [2.75, 3.05) is 0 Å². The number of rotatable bonds is 3. The fraction of sp³-hybridized carbons (Fsp3) is 0.350. The Hall–Kier alpha value is -2.05. The molecule has 0 aliphatic heterocycles. The van der Waals surface area contributed by atoms with E-state index in [9.17, 15) is 13.2 Å². The Kier molecular flexibility index (Phi) is 6.07. The molecule has 2 aliphatic carbocycles. The number of benzene rings is 1. The summed E-state index contributed by atoms with van der Waals surface area (Å²) in [5.74, 6) is 0. The second kappa shape index (κ2) is 8.31. The highest BCUT2D eigenvalue weighted by atomic mass is 35.5.